The van der Waals surface area contributed by atoms with E-state index in [2.05, 4.69) is 13.8 Å². The molecular weight excluding hydrogens is 292 g/mol. The Balaban J connectivity index is 1.52. The number of hydrogen-bond acceptors (Lipinski definition) is 1. The molecule has 0 spiro atoms. The summed E-state index contributed by atoms with van der Waals surface area (Å²) in [6.07, 6.45) is 22.3. The molecule has 2 aliphatic carbocycles. The average Bonchev–Trinajstić information content (AvgIpc) is 2.64. The van der Waals surface area contributed by atoms with Crippen LogP contribution in [0.1, 0.15) is 110 Å². The zero-order chi connectivity index (χ0) is 17.0. The predicted molar refractivity (Wildman–Crippen MR) is 105 cm³/mol. The van der Waals surface area contributed by atoms with Crippen LogP contribution < -0.4 is 0 Å². The number of ether oxygens (including phenoxy) is 1. The van der Waals surface area contributed by atoms with Gasteiger partial charge >= 0.3 is 0 Å². The Hall–Kier alpha value is -0.0400. The molecule has 0 amide bonds. The van der Waals surface area contributed by atoms with Gasteiger partial charge in [-0.15, -0.1) is 0 Å². The van der Waals surface area contributed by atoms with Gasteiger partial charge in [-0.05, 0) is 69.1 Å². The Morgan fingerprint density at radius 2 is 1.17 bits per heavy atom. The van der Waals surface area contributed by atoms with Crippen molar-refractivity contribution in [1.29, 1.82) is 0 Å². The maximum Gasteiger partial charge on any atom is 0.0494 e. The summed E-state index contributed by atoms with van der Waals surface area (Å²) in [7, 11) is 0. The van der Waals surface area contributed by atoms with Crippen molar-refractivity contribution in [2.24, 2.45) is 23.7 Å². The third-order valence-electron chi connectivity index (χ3n) is 6.97. The maximum atomic E-state index is 5.64. The van der Waals surface area contributed by atoms with Crippen molar-refractivity contribution in [2.45, 2.75) is 110 Å². The minimum atomic E-state index is 0.866. The van der Waals surface area contributed by atoms with E-state index in [9.17, 15) is 0 Å². The quantitative estimate of drug-likeness (QED) is 0.357. The molecule has 0 N–H and O–H groups in total. The van der Waals surface area contributed by atoms with Crippen LogP contribution in [0.4, 0.5) is 0 Å². The van der Waals surface area contributed by atoms with Gasteiger partial charge in [0, 0.05) is 13.2 Å². The Bertz CT molecular complexity index is 284. The average molecular weight is 337 g/mol. The molecular formula is C23H44O. The van der Waals surface area contributed by atoms with Gasteiger partial charge in [-0.1, -0.05) is 64.7 Å². The van der Waals surface area contributed by atoms with E-state index in [1.165, 1.54) is 70.6 Å². The van der Waals surface area contributed by atoms with E-state index in [0.29, 0.717) is 0 Å². The van der Waals surface area contributed by atoms with Crippen molar-refractivity contribution in [3.8, 4) is 0 Å². The molecule has 0 radical (unpaired) electrons. The monoisotopic (exact) mass is 336 g/mol. The van der Waals surface area contributed by atoms with E-state index < -0.39 is 0 Å². The Morgan fingerprint density at radius 3 is 1.75 bits per heavy atom. The minimum Gasteiger partial charge on any atom is -0.381 e. The Labute approximate surface area is 152 Å². The van der Waals surface area contributed by atoms with Crippen LogP contribution in [0.2, 0.25) is 0 Å². The molecule has 0 aliphatic heterocycles. The molecule has 2 rings (SSSR count). The highest BCUT2D eigenvalue weighted by Gasteiger charge is 2.30. The van der Waals surface area contributed by atoms with Crippen molar-refractivity contribution < 1.29 is 4.74 Å². The second-order valence-electron chi connectivity index (χ2n) is 8.78. The Morgan fingerprint density at radius 1 is 0.625 bits per heavy atom. The first kappa shape index (κ1) is 20.3. The van der Waals surface area contributed by atoms with Crippen LogP contribution in [0.15, 0.2) is 0 Å². The van der Waals surface area contributed by atoms with Crippen molar-refractivity contribution in [3.63, 3.8) is 0 Å². The van der Waals surface area contributed by atoms with E-state index in [1.807, 2.05) is 0 Å². The lowest BCUT2D eigenvalue weighted by atomic mass is 9.69. The van der Waals surface area contributed by atoms with E-state index in [0.717, 1.165) is 36.9 Å². The SMILES string of the molecule is CCCCCCCCC1CCC([C@H]2CC[C@H](COCC)CC2)CC1. The summed E-state index contributed by atoms with van der Waals surface area (Å²) in [5.74, 6) is 4.06. The summed E-state index contributed by atoms with van der Waals surface area (Å²) in [6, 6.07) is 0. The number of unbranched alkanes of at least 4 members (excludes halogenated alkanes) is 5. The van der Waals surface area contributed by atoms with E-state index in [-0.39, 0.29) is 0 Å². The van der Waals surface area contributed by atoms with Crippen molar-refractivity contribution >= 4 is 0 Å². The molecule has 2 saturated carbocycles. The van der Waals surface area contributed by atoms with Gasteiger partial charge in [-0.3, -0.25) is 0 Å². The lowest BCUT2D eigenvalue weighted by Gasteiger charge is -2.38. The van der Waals surface area contributed by atoms with Crippen molar-refractivity contribution in [3.05, 3.63) is 0 Å². The van der Waals surface area contributed by atoms with Crippen LogP contribution >= 0.6 is 0 Å². The van der Waals surface area contributed by atoms with Crippen LogP contribution in [0.3, 0.4) is 0 Å². The summed E-state index contributed by atoms with van der Waals surface area (Å²) in [5, 5.41) is 0. The van der Waals surface area contributed by atoms with Gasteiger partial charge in [0.15, 0.2) is 0 Å². The van der Waals surface area contributed by atoms with E-state index in [4.69, 9.17) is 4.74 Å². The fourth-order valence-corrected chi connectivity index (χ4v) is 5.27. The predicted octanol–water partition coefficient (Wildman–Crippen LogP) is 7.39. The Kier molecular flexibility index (Phi) is 10.4. The summed E-state index contributed by atoms with van der Waals surface area (Å²) >= 11 is 0. The first-order chi connectivity index (χ1) is 11.8. The highest BCUT2D eigenvalue weighted by molar-refractivity contribution is 4.82. The van der Waals surface area contributed by atoms with Crippen LogP contribution in [0.5, 0.6) is 0 Å². The highest BCUT2D eigenvalue weighted by atomic mass is 16.5. The maximum absolute atomic E-state index is 5.64. The van der Waals surface area contributed by atoms with Crippen LogP contribution in [-0.2, 0) is 4.74 Å². The van der Waals surface area contributed by atoms with E-state index in [1.54, 1.807) is 25.7 Å². The molecule has 0 bridgehead atoms. The van der Waals surface area contributed by atoms with Gasteiger partial charge in [-0.25, -0.2) is 0 Å². The molecule has 2 aliphatic rings. The first-order valence-corrected chi connectivity index (χ1v) is 11.4. The zero-order valence-corrected chi connectivity index (χ0v) is 16.7. The molecule has 0 aromatic rings. The van der Waals surface area contributed by atoms with Crippen molar-refractivity contribution in [1.82, 2.24) is 0 Å². The van der Waals surface area contributed by atoms with Gasteiger partial charge in [0.2, 0.25) is 0 Å². The molecule has 0 heterocycles. The normalized spacial score (nSPS) is 31.2. The minimum absolute atomic E-state index is 0.866. The second-order valence-corrected chi connectivity index (χ2v) is 8.78. The van der Waals surface area contributed by atoms with Gasteiger partial charge in [-0.2, -0.15) is 0 Å². The van der Waals surface area contributed by atoms with Crippen LogP contribution in [0, 0.1) is 23.7 Å². The highest BCUT2D eigenvalue weighted by Crippen LogP contribution is 2.42. The third-order valence-corrected chi connectivity index (χ3v) is 6.97. The molecule has 1 nitrogen and oxygen atoms in total. The van der Waals surface area contributed by atoms with Gasteiger partial charge in [0.05, 0.1) is 0 Å². The first-order valence-electron chi connectivity index (χ1n) is 11.4. The summed E-state index contributed by atoms with van der Waals surface area (Å²) in [4.78, 5) is 0. The summed E-state index contributed by atoms with van der Waals surface area (Å²) < 4.78 is 5.64. The molecule has 2 fully saturated rings. The smallest absolute Gasteiger partial charge is 0.0494 e. The standard InChI is InChI=1S/C23H44O/c1-3-5-6-7-8-9-10-20-11-15-22(16-12-20)23-17-13-21(14-18-23)19-24-4-2/h20-23H,3-19H2,1-2H3/t20?,21-,22?,23-. The summed E-state index contributed by atoms with van der Waals surface area (Å²) in [6.45, 7) is 6.34. The van der Waals surface area contributed by atoms with Gasteiger partial charge in [0.25, 0.3) is 0 Å². The number of hydrogen-bond donors (Lipinski definition) is 0. The topological polar surface area (TPSA) is 9.23 Å². The second kappa shape index (κ2) is 12.3. The lowest BCUT2D eigenvalue weighted by Crippen LogP contribution is -2.27. The van der Waals surface area contributed by atoms with Crippen molar-refractivity contribution in [2.75, 3.05) is 13.2 Å². The largest absolute Gasteiger partial charge is 0.381 e. The molecule has 0 unspecified atom stereocenters. The fraction of sp³-hybridized carbons (Fsp3) is 1.00. The summed E-state index contributed by atoms with van der Waals surface area (Å²) in [5.41, 5.74) is 0. The van der Waals surface area contributed by atoms with E-state index >= 15 is 0 Å². The lowest BCUT2D eigenvalue weighted by molar-refractivity contribution is 0.0710. The zero-order valence-electron chi connectivity index (χ0n) is 16.7. The molecule has 142 valence electrons. The molecule has 1 heteroatoms. The fourth-order valence-electron chi connectivity index (χ4n) is 5.27. The molecule has 24 heavy (non-hydrogen) atoms. The van der Waals surface area contributed by atoms with Gasteiger partial charge < -0.3 is 4.74 Å². The van der Waals surface area contributed by atoms with Gasteiger partial charge in [0.1, 0.15) is 0 Å². The molecule has 0 atom stereocenters. The molecule has 0 aromatic carbocycles. The number of rotatable bonds is 11. The van der Waals surface area contributed by atoms with Crippen LogP contribution in [0.25, 0.3) is 0 Å². The third kappa shape index (κ3) is 7.46. The van der Waals surface area contributed by atoms with Crippen LogP contribution in [-0.4, -0.2) is 13.2 Å². The molecule has 0 saturated heterocycles. The molecule has 0 aromatic heterocycles.